The van der Waals surface area contributed by atoms with E-state index in [1.165, 1.54) is 27.5 Å². The fourth-order valence-electron chi connectivity index (χ4n) is 6.42. The van der Waals surface area contributed by atoms with E-state index in [9.17, 15) is 10.1 Å². The normalized spacial score (nSPS) is 17.9. The fourth-order valence-corrected chi connectivity index (χ4v) is 6.42. The number of nitrogens with zero attached hydrogens (tertiary/aromatic N) is 2. The van der Waals surface area contributed by atoms with Gasteiger partial charge in [0.05, 0.1) is 4.92 Å². The molecular weight excluding hydrogens is 516 g/mol. The van der Waals surface area contributed by atoms with Crippen molar-refractivity contribution < 1.29 is 4.92 Å². The topological polar surface area (TPSA) is 46.4 Å². The predicted octanol–water partition coefficient (Wildman–Crippen LogP) is 9.88. The molecule has 0 bridgehead atoms. The van der Waals surface area contributed by atoms with Gasteiger partial charge in [0.2, 0.25) is 0 Å². The molecule has 5 rings (SSSR count). The number of fused-ring (bicyclic) bond motifs is 2. The summed E-state index contributed by atoms with van der Waals surface area (Å²) in [5.74, 6) is 0. The van der Waals surface area contributed by atoms with Crippen molar-refractivity contribution in [3.05, 3.63) is 166 Å². The van der Waals surface area contributed by atoms with Crippen LogP contribution in [0.4, 0.5) is 11.4 Å². The Balaban J connectivity index is 1.59. The zero-order valence-electron chi connectivity index (χ0n) is 25.1. The highest BCUT2D eigenvalue weighted by molar-refractivity contribution is 5.88. The number of anilines is 1. The number of aryl methyl sites for hydroxylation is 1. The lowest BCUT2D eigenvalue weighted by Gasteiger charge is -2.30. The molecule has 0 saturated heterocycles. The molecule has 1 atom stereocenters. The standard InChI is InChI=1S/C38H38N2O2/c1-7-24-39-34-23-22-31(40(41)42)25-33(34)38(6,26-29-15-9-8-10-16-29)35(39)19-13-14-28(3)37(4,5)36-27(2)20-21-30-17-11-12-18-32(30)36/h7-25H,3,26H2,1-2,4-6H3/b14-13+,24-7+,35-19+. The van der Waals surface area contributed by atoms with Crippen LogP contribution in [0.3, 0.4) is 0 Å². The van der Waals surface area contributed by atoms with Gasteiger partial charge in [-0.15, -0.1) is 0 Å². The van der Waals surface area contributed by atoms with Crippen LogP contribution in [-0.2, 0) is 17.3 Å². The van der Waals surface area contributed by atoms with Crippen LogP contribution in [0, 0.1) is 17.0 Å². The van der Waals surface area contributed by atoms with Gasteiger partial charge in [-0.3, -0.25) is 10.1 Å². The van der Waals surface area contributed by atoms with Crippen LogP contribution < -0.4 is 4.90 Å². The van der Waals surface area contributed by atoms with Crippen molar-refractivity contribution in [2.75, 3.05) is 4.90 Å². The van der Waals surface area contributed by atoms with E-state index in [2.05, 4.69) is 106 Å². The highest BCUT2D eigenvalue weighted by Gasteiger charge is 2.43. The Bertz CT molecular complexity index is 1760. The van der Waals surface area contributed by atoms with E-state index >= 15 is 0 Å². The summed E-state index contributed by atoms with van der Waals surface area (Å²) in [5.41, 5.74) is 6.99. The monoisotopic (exact) mass is 554 g/mol. The molecule has 0 radical (unpaired) electrons. The van der Waals surface area contributed by atoms with Gasteiger partial charge in [-0.25, -0.2) is 0 Å². The van der Waals surface area contributed by atoms with Crippen molar-refractivity contribution in [1.29, 1.82) is 0 Å². The molecule has 1 unspecified atom stereocenters. The van der Waals surface area contributed by atoms with Gasteiger partial charge in [-0.1, -0.05) is 105 Å². The number of hydrogen-bond acceptors (Lipinski definition) is 3. The van der Waals surface area contributed by atoms with E-state index in [1.54, 1.807) is 12.1 Å². The molecule has 42 heavy (non-hydrogen) atoms. The van der Waals surface area contributed by atoms with Crippen molar-refractivity contribution in [3.63, 3.8) is 0 Å². The number of hydrogen-bond donors (Lipinski definition) is 0. The van der Waals surface area contributed by atoms with Crippen LogP contribution in [0.15, 0.2) is 133 Å². The average Bonchev–Trinajstić information content (AvgIpc) is 3.19. The van der Waals surface area contributed by atoms with E-state index in [0.717, 1.165) is 22.5 Å². The van der Waals surface area contributed by atoms with Crippen molar-refractivity contribution in [1.82, 2.24) is 0 Å². The maximum absolute atomic E-state index is 11.8. The quantitative estimate of drug-likeness (QED) is 0.124. The number of benzene rings is 4. The van der Waals surface area contributed by atoms with Gasteiger partial charge < -0.3 is 4.90 Å². The van der Waals surface area contributed by atoms with Crippen molar-refractivity contribution in [2.45, 2.75) is 51.9 Å². The second-order valence-corrected chi connectivity index (χ2v) is 11.8. The van der Waals surface area contributed by atoms with Crippen LogP contribution in [0.2, 0.25) is 0 Å². The summed E-state index contributed by atoms with van der Waals surface area (Å²) in [6.07, 6.45) is 11.1. The first kappa shape index (κ1) is 28.8. The summed E-state index contributed by atoms with van der Waals surface area (Å²) >= 11 is 0. The molecule has 4 heteroatoms. The van der Waals surface area contributed by atoms with Gasteiger partial charge in [0.15, 0.2) is 0 Å². The molecule has 0 spiro atoms. The molecule has 0 N–H and O–H groups in total. The van der Waals surface area contributed by atoms with Crippen LogP contribution in [0.1, 0.15) is 49.9 Å². The first-order chi connectivity index (χ1) is 20.1. The minimum Gasteiger partial charge on any atom is -0.320 e. The summed E-state index contributed by atoms with van der Waals surface area (Å²) < 4.78 is 0. The molecule has 4 nitrogen and oxygen atoms in total. The molecule has 0 saturated carbocycles. The van der Waals surface area contributed by atoms with Crippen LogP contribution >= 0.6 is 0 Å². The SMILES string of the molecule is C=C(/C=C/C=C1/N(/C=C/C)c2ccc([N+](=O)[O-])cc2C1(C)Cc1ccccc1)C(C)(C)c1c(C)ccc2ccccc12. The van der Waals surface area contributed by atoms with Crippen LogP contribution in [0.5, 0.6) is 0 Å². The highest BCUT2D eigenvalue weighted by Crippen LogP contribution is 2.51. The summed E-state index contributed by atoms with van der Waals surface area (Å²) in [4.78, 5) is 13.6. The fraction of sp³-hybridized carbons (Fsp3) is 0.211. The Morgan fingerprint density at radius 3 is 2.45 bits per heavy atom. The Morgan fingerprint density at radius 1 is 1.02 bits per heavy atom. The third-order valence-corrected chi connectivity index (χ3v) is 8.69. The summed E-state index contributed by atoms with van der Waals surface area (Å²) in [7, 11) is 0. The Hall–Kier alpha value is -4.70. The van der Waals surface area contributed by atoms with Gasteiger partial charge in [0.25, 0.3) is 5.69 Å². The lowest BCUT2D eigenvalue weighted by Crippen LogP contribution is -2.28. The van der Waals surface area contributed by atoms with Crippen molar-refractivity contribution in [2.24, 2.45) is 0 Å². The molecule has 4 aromatic rings. The van der Waals surface area contributed by atoms with E-state index in [0.29, 0.717) is 6.42 Å². The molecule has 0 amide bonds. The maximum atomic E-state index is 11.8. The van der Waals surface area contributed by atoms with E-state index in [-0.39, 0.29) is 16.0 Å². The summed E-state index contributed by atoms with van der Waals surface area (Å²) in [6.45, 7) is 15.3. The number of non-ortho nitro benzene ring substituents is 1. The Kier molecular flexibility index (Phi) is 7.74. The summed E-state index contributed by atoms with van der Waals surface area (Å²) in [6, 6.07) is 28.4. The Morgan fingerprint density at radius 2 is 1.74 bits per heavy atom. The van der Waals surface area contributed by atoms with Crippen molar-refractivity contribution >= 4 is 22.1 Å². The van der Waals surface area contributed by atoms with Gasteiger partial charge in [-0.2, -0.15) is 0 Å². The zero-order chi connectivity index (χ0) is 30.1. The number of allylic oxidation sites excluding steroid dienone is 6. The summed E-state index contributed by atoms with van der Waals surface area (Å²) in [5, 5.41) is 14.2. The highest BCUT2D eigenvalue weighted by atomic mass is 16.6. The third kappa shape index (κ3) is 5.09. The number of rotatable bonds is 8. The molecule has 0 fully saturated rings. The van der Waals surface area contributed by atoms with Crippen molar-refractivity contribution in [3.8, 4) is 0 Å². The number of nitro groups is 1. The van der Waals surface area contributed by atoms with E-state index in [1.807, 2.05) is 43.5 Å². The molecule has 0 aromatic heterocycles. The predicted molar refractivity (Wildman–Crippen MR) is 176 cm³/mol. The zero-order valence-corrected chi connectivity index (χ0v) is 25.1. The molecule has 0 aliphatic carbocycles. The lowest BCUT2D eigenvalue weighted by atomic mass is 9.74. The minimum absolute atomic E-state index is 0.103. The number of nitro benzene ring substituents is 1. The minimum atomic E-state index is -0.490. The van der Waals surface area contributed by atoms with Gasteiger partial charge >= 0.3 is 0 Å². The average molecular weight is 555 g/mol. The van der Waals surface area contributed by atoms with Gasteiger partial charge in [0.1, 0.15) is 0 Å². The molecule has 1 aliphatic rings. The molecule has 1 aliphatic heterocycles. The first-order valence-corrected chi connectivity index (χ1v) is 14.4. The largest absolute Gasteiger partial charge is 0.320 e. The van der Waals surface area contributed by atoms with Crippen LogP contribution in [0.25, 0.3) is 10.8 Å². The van der Waals surface area contributed by atoms with E-state index in [4.69, 9.17) is 0 Å². The smallest absolute Gasteiger partial charge is 0.269 e. The second-order valence-electron chi connectivity index (χ2n) is 11.8. The van der Waals surface area contributed by atoms with E-state index < -0.39 is 5.41 Å². The maximum Gasteiger partial charge on any atom is 0.269 e. The molecule has 212 valence electrons. The Labute approximate surface area is 249 Å². The second kappa shape index (κ2) is 11.3. The lowest BCUT2D eigenvalue weighted by molar-refractivity contribution is -0.384. The first-order valence-electron chi connectivity index (χ1n) is 14.4. The molecular formula is C38H38N2O2. The molecule has 4 aromatic carbocycles. The molecule has 1 heterocycles. The third-order valence-electron chi connectivity index (χ3n) is 8.69. The van der Waals surface area contributed by atoms with Gasteiger partial charge in [-0.05, 0) is 77.9 Å². The van der Waals surface area contributed by atoms with Crippen LogP contribution in [-0.4, -0.2) is 4.92 Å². The van der Waals surface area contributed by atoms with Gasteiger partial charge in [0, 0.05) is 40.5 Å².